The molecule has 1 saturated carbocycles. The number of carbonyl (C=O) groups excluding carboxylic acids is 1. The zero-order valence-corrected chi connectivity index (χ0v) is 9.40. The second-order valence-electron chi connectivity index (χ2n) is 3.47. The molecule has 0 radical (unpaired) electrons. The fourth-order valence-electron chi connectivity index (χ4n) is 1.17. The molecular formula is C10H10Cl2N2O. The summed E-state index contributed by atoms with van der Waals surface area (Å²) in [4.78, 5) is 11.4. The molecule has 3 nitrogen and oxygen atoms in total. The maximum Gasteiger partial charge on any atom is 0.319 e. The Morgan fingerprint density at radius 3 is 2.73 bits per heavy atom. The molecule has 0 unspecified atom stereocenters. The quantitative estimate of drug-likeness (QED) is 0.824. The largest absolute Gasteiger partial charge is 0.335 e. The molecule has 0 aliphatic heterocycles. The Morgan fingerprint density at radius 2 is 2.07 bits per heavy atom. The van der Waals surface area contributed by atoms with Crippen LogP contribution in [-0.4, -0.2) is 12.1 Å². The van der Waals surface area contributed by atoms with Crippen molar-refractivity contribution in [2.75, 3.05) is 5.32 Å². The molecule has 0 aromatic heterocycles. The van der Waals surface area contributed by atoms with E-state index in [1.165, 1.54) is 0 Å². The molecule has 0 bridgehead atoms. The molecule has 80 valence electrons. The van der Waals surface area contributed by atoms with E-state index in [1.54, 1.807) is 18.2 Å². The predicted molar refractivity (Wildman–Crippen MR) is 61.6 cm³/mol. The Hall–Kier alpha value is -0.930. The molecule has 1 fully saturated rings. The van der Waals surface area contributed by atoms with Gasteiger partial charge in [0.1, 0.15) is 0 Å². The fraction of sp³-hybridized carbons (Fsp3) is 0.300. The molecule has 1 aliphatic rings. The van der Waals surface area contributed by atoms with E-state index in [-0.39, 0.29) is 6.03 Å². The summed E-state index contributed by atoms with van der Waals surface area (Å²) < 4.78 is 0. The molecular weight excluding hydrogens is 235 g/mol. The number of hydrogen-bond donors (Lipinski definition) is 2. The maximum atomic E-state index is 11.4. The van der Waals surface area contributed by atoms with Crippen LogP contribution in [-0.2, 0) is 0 Å². The van der Waals surface area contributed by atoms with Crippen molar-refractivity contribution in [1.82, 2.24) is 5.32 Å². The number of benzene rings is 1. The van der Waals surface area contributed by atoms with Crippen LogP contribution in [0.1, 0.15) is 12.8 Å². The van der Waals surface area contributed by atoms with Gasteiger partial charge in [0.15, 0.2) is 0 Å². The number of hydrogen-bond acceptors (Lipinski definition) is 1. The molecule has 0 atom stereocenters. The van der Waals surface area contributed by atoms with Gasteiger partial charge in [-0.3, -0.25) is 0 Å². The summed E-state index contributed by atoms with van der Waals surface area (Å²) in [5.41, 5.74) is 0.530. The molecule has 1 aromatic carbocycles. The number of rotatable bonds is 2. The number of urea groups is 1. The smallest absolute Gasteiger partial charge is 0.319 e. The average Bonchev–Trinajstić information content (AvgIpc) is 2.97. The van der Waals surface area contributed by atoms with E-state index >= 15 is 0 Å². The van der Waals surface area contributed by atoms with Crippen LogP contribution in [0.15, 0.2) is 18.2 Å². The minimum Gasteiger partial charge on any atom is -0.335 e. The van der Waals surface area contributed by atoms with Crippen molar-refractivity contribution >= 4 is 34.9 Å². The van der Waals surface area contributed by atoms with E-state index in [0.717, 1.165) is 12.8 Å². The number of amides is 2. The minimum absolute atomic E-state index is 0.235. The molecule has 1 aliphatic carbocycles. The highest BCUT2D eigenvalue weighted by Gasteiger charge is 2.23. The van der Waals surface area contributed by atoms with Gasteiger partial charge in [-0.1, -0.05) is 29.3 Å². The third-order valence-electron chi connectivity index (χ3n) is 2.11. The molecule has 1 aromatic rings. The Balaban J connectivity index is 2.02. The highest BCUT2D eigenvalue weighted by Crippen LogP contribution is 2.29. The second kappa shape index (κ2) is 4.29. The van der Waals surface area contributed by atoms with Crippen molar-refractivity contribution in [3.63, 3.8) is 0 Å². The normalized spacial score (nSPS) is 14.8. The van der Waals surface area contributed by atoms with Gasteiger partial charge in [-0.15, -0.1) is 0 Å². The van der Waals surface area contributed by atoms with Crippen LogP contribution in [0, 0.1) is 0 Å². The van der Waals surface area contributed by atoms with Gasteiger partial charge in [0, 0.05) is 6.04 Å². The SMILES string of the molecule is O=C(Nc1cccc(Cl)c1Cl)NC1CC1. The highest BCUT2D eigenvalue weighted by molar-refractivity contribution is 6.43. The molecule has 2 N–H and O–H groups in total. The van der Waals surface area contributed by atoms with Crippen LogP contribution in [0.25, 0.3) is 0 Å². The summed E-state index contributed by atoms with van der Waals surface area (Å²) in [5.74, 6) is 0. The second-order valence-corrected chi connectivity index (χ2v) is 4.26. The zero-order valence-electron chi connectivity index (χ0n) is 7.89. The van der Waals surface area contributed by atoms with Crippen LogP contribution in [0.3, 0.4) is 0 Å². The maximum absolute atomic E-state index is 11.4. The topological polar surface area (TPSA) is 41.1 Å². The molecule has 15 heavy (non-hydrogen) atoms. The monoisotopic (exact) mass is 244 g/mol. The molecule has 5 heteroatoms. The summed E-state index contributed by atoms with van der Waals surface area (Å²) in [6.07, 6.45) is 2.10. The Bertz CT molecular complexity index is 391. The van der Waals surface area contributed by atoms with Gasteiger partial charge >= 0.3 is 6.03 Å². The number of halogens is 2. The molecule has 0 spiro atoms. The van der Waals surface area contributed by atoms with Crippen LogP contribution < -0.4 is 10.6 Å². The first-order valence-electron chi connectivity index (χ1n) is 4.68. The van der Waals surface area contributed by atoms with Gasteiger partial charge in [-0.05, 0) is 25.0 Å². The number of carbonyl (C=O) groups is 1. The van der Waals surface area contributed by atoms with Gasteiger partial charge in [0.2, 0.25) is 0 Å². The lowest BCUT2D eigenvalue weighted by atomic mass is 10.3. The lowest BCUT2D eigenvalue weighted by Gasteiger charge is -2.08. The van der Waals surface area contributed by atoms with Gasteiger partial charge in [-0.2, -0.15) is 0 Å². The molecule has 2 amide bonds. The summed E-state index contributed by atoms with van der Waals surface area (Å²) >= 11 is 11.7. The first-order valence-corrected chi connectivity index (χ1v) is 5.44. The first-order chi connectivity index (χ1) is 7.16. The zero-order chi connectivity index (χ0) is 10.8. The van der Waals surface area contributed by atoms with E-state index < -0.39 is 0 Å². The summed E-state index contributed by atoms with van der Waals surface area (Å²) in [6.45, 7) is 0. The highest BCUT2D eigenvalue weighted by atomic mass is 35.5. The van der Waals surface area contributed by atoms with Gasteiger partial charge in [0.05, 0.1) is 15.7 Å². The van der Waals surface area contributed by atoms with Crippen LogP contribution in [0.4, 0.5) is 10.5 Å². The van der Waals surface area contributed by atoms with E-state index in [1.807, 2.05) is 0 Å². The van der Waals surface area contributed by atoms with E-state index in [0.29, 0.717) is 21.8 Å². The number of nitrogens with one attached hydrogen (secondary N) is 2. The summed E-state index contributed by atoms with van der Waals surface area (Å²) in [7, 11) is 0. The van der Waals surface area contributed by atoms with Crippen molar-refractivity contribution in [2.45, 2.75) is 18.9 Å². The van der Waals surface area contributed by atoms with E-state index in [2.05, 4.69) is 10.6 Å². The van der Waals surface area contributed by atoms with E-state index in [9.17, 15) is 4.79 Å². The van der Waals surface area contributed by atoms with Gasteiger partial charge < -0.3 is 10.6 Å². The van der Waals surface area contributed by atoms with Crippen molar-refractivity contribution in [3.8, 4) is 0 Å². The van der Waals surface area contributed by atoms with E-state index in [4.69, 9.17) is 23.2 Å². The van der Waals surface area contributed by atoms with Crippen molar-refractivity contribution in [1.29, 1.82) is 0 Å². The number of anilines is 1. The summed E-state index contributed by atoms with van der Waals surface area (Å²) in [5, 5.41) is 6.25. The van der Waals surface area contributed by atoms with Gasteiger partial charge in [0.25, 0.3) is 0 Å². The lowest BCUT2D eigenvalue weighted by molar-refractivity contribution is 0.251. The standard InChI is InChI=1S/C10H10Cl2N2O/c11-7-2-1-3-8(9(7)12)14-10(15)13-6-4-5-6/h1-3,6H,4-5H2,(H2,13,14,15). The third-order valence-corrected chi connectivity index (χ3v) is 2.93. The minimum atomic E-state index is -0.235. The van der Waals surface area contributed by atoms with Crippen LogP contribution >= 0.6 is 23.2 Å². The van der Waals surface area contributed by atoms with Crippen LogP contribution in [0.5, 0.6) is 0 Å². The fourth-order valence-corrected chi connectivity index (χ4v) is 1.52. The third kappa shape index (κ3) is 2.76. The van der Waals surface area contributed by atoms with Crippen molar-refractivity contribution in [3.05, 3.63) is 28.2 Å². The van der Waals surface area contributed by atoms with Crippen LogP contribution in [0.2, 0.25) is 10.0 Å². The Labute approximate surface area is 97.8 Å². The summed E-state index contributed by atoms with van der Waals surface area (Å²) in [6, 6.07) is 5.21. The Morgan fingerprint density at radius 1 is 1.33 bits per heavy atom. The van der Waals surface area contributed by atoms with Crippen molar-refractivity contribution < 1.29 is 4.79 Å². The lowest BCUT2D eigenvalue weighted by Crippen LogP contribution is -2.30. The van der Waals surface area contributed by atoms with Crippen molar-refractivity contribution in [2.24, 2.45) is 0 Å². The average molecular weight is 245 g/mol. The van der Waals surface area contributed by atoms with Gasteiger partial charge in [-0.25, -0.2) is 4.79 Å². The molecule has 2 rings (SSSR count). The molecule has 0 heterocycles. The predicted octanol–water partition coefficient (Wildman–Crippen LogP) is 3.28. The first kappa shape index (κ1) is 10.6. The Kier molecular flexibility index (Phi) is 3.03. The molecule has 0 saturated heterocycles.